The minimum absolute atomic E-state index is 0.102. The van der Waals surface area contributed by atoms with Crippen LogP contribution in [0.15, 0.2) is 34.7 Å². The van der Waals surface area contributed by atoms with Crippen molar-refractivity contribution < 1.29 is 18.7 Å². The third kappa shape index (κ3) is 4.47. The van der Waals surface area contributed by atoms with Crippen molar-refractivity contribution in [1.29, 1.82) is 0 Å². The number of benzene rings is 1. The normalized spacial score (nSPS) is 11.8. The van der Waals surface area contributed by atoms with E-state index in [-0.39, 0.29) is 18.6 Å². The molecule has 0 spiro atoms. The summed E-state index contributed by atoms with van der Waals surface area (Å²) >= 11 is 0. The van der Waals surface area contributed by atoms with Crippen molar-refractivity contribution in [2.75, 3.05) is 6.61 Å². The van der Waals surface area contributed by atoms with Gasteiger partial charge in [0, 0.05) is 0 Å². The van der Waals surface area contributed by atoms with Crippen LogP contribution in [0.2, 0.25) is 0 Å². The minimum Gasteiger partial charge on any atom is -0.466 e. The Bertz CT molecular complexity index is 715. The first kappa shape index (κ1) is 17.8. The molecule has 1 N–H and O–H groups in total. The summed E-state index contributed by atoms with van der Waals surface area (Å²) in [6, 6.07) is 9.51. The van der Waals surface area contributed by atoms with Crippen LogP contribution in [0.1, 0.15) is 52.4 Å². The number of hydrogen-bond acceptors (Lipinski definition) is 4. The summed E-state index contributed by atoms with van der Waals surface area (Å²) in [4.78, 5) is 24.1. The molecule has 0 aliphatic carbocycles. The Morgan fingerprint density at radius 2 is 1.83 bits per heavy atom. The Kier molecular flexibility index (Phi) is 5.79. The van der Waals surface area contributed by atoms with Crippen LogP contribution >= 0.6 is 0 Å². The lowest BCUT2D eigenvalue weighted by atomic mass is 10.0. The molecule has 2 aromatic rings. The van der Waals surface area contributed by atoms with E-state index < -0.39 is 5.97 Å². The number of rotatable bonds is 6. The zero-order chi connectivity index (χ0) is 17.7. The first-order chi connectivity index (χ1) is 11.4. The van der Waals surface area contributed by atoms with Gasteiger partial charge in [-0.25, -0.2) is 4.79 Å². The van der Waals surface area contributed by atoms with Gasteiger partial charge in [-0.3, -0.25) is 4.79 Å². The molecule has 0 aliphatic heterocycles. The number of esters is 1. The number of amides is 1. The maximum atomic E-state index is 12.1. The maximum Gasteiger partial charge on any atom is 0.342 e. The molecule has 0 fully saturated rings. The van der Waals surface area contributed by atoms with Crippen LogP contribution in [0.4, 0.5) is 0 Å². The van der Waals surface area contributed by atoms with E-state index in [1.807, 2.05) is 38.1 Å². The van der Waals surface area contributed by atoms with E-state index in [0.29, 0.717) is 17.1 Å². The Morgan fingerprint density at radius 1 is 1.17 bits per heavy atom. The van der Waals surface area contributed by atoms with Crippen LogP contribution in [-0.4, -0.2) is 18.5 Å². The summed E-state index contributed by atoms with van der Waals surface area (Å²) in [5.74, 6) is 0.245. The molecular formula is C19H23NO4. The SMILES string of the molecule is CC[C@H](NC(=O)COC(=O)c1cc(C)oc1C)c1ccc(C)cc1. The predicted molar refractivity (Wildman–Crippen MR) is 90.8 cm³/mol. The van der Waals surface area contributed by atoms with Gasteiger partial charge in [-0.2, -0.15) is 0 Å². The molecule has 0 saturated carbocycles. The van der Waals surface area contributed by atoms with Crippen molar-refractivity contribution in [1.82, 2.24) is 5.32 Å². The Hall–Kier alpha value is -2.56. The van der Waals surface area contributed by atoms with Crippen molar-refractivity contribution in [2.24, 2.45) is 0 Å². The Morgan fingerprint density at radius 3 is 2.38 bits per heavy atom. The molecule has 0 unspecified atom stereocenters. The summed E-state index contributed by atoms with van der Waals surface area (Å²) in [7, 11) is 0. The fraction of sp³-hybridized carbons (Fsp3) is 0.368. The number of hydrogen-bond donors (Lipinski definition) is 1. The lowest BCUT2D eigenvalue weighted by Crippen LogP contribution is -2.32. The molecule has 5 heteroatoms. The van der Waals surface area contributed by atoms with Crippen LogP contribution in [0, 0.1) is 20.8 Å². The highest BCUT2D eigenvalue weighted by atomic mass is 16.5. The van der Waals surface area contributed by atoms with Crippen LogP contribution < -0.4 is 5.32 Å². The molecule has 1 aromatic heterocycles. The van der Waals surface area contributed by atoms with E-state index in [2.05, 4.69) is 5.32 Å². The molecule has 0 radical (unpaired) electrons. The Balaban J connectivity index is 1.91. The highest BCUT2D eigenvalue weighted by Gasteiger charge is 2.18. The van der Waals surface area contributed by atoms with Crippen LogP contribution in [0.3, 0.4) is 0 Å². The van der Waals surface area contributed by atoms with Crippen LogP contribution in [0.5, 0.6) is 0 Å². The first-order valence-corrected chi connectivity index (χ1v) is 8.00. The zero-order valence-electron chi connectivity index (χ0n) is 14.5. The van der Waals surface area contributed by atoms with Crippen molar-refractivity contribution in [3.05, 3.63) is 58.5 Å². The predicted octanol–water partition coefficient (Wildman–Crippen LogP) is 3.63. The second-order valence-electron chi connectivity index (χ2n) is 5.84. The summed E-state index contributed by atoms with van der Waals surface area (Å²) in [6.07, 6.45) is 0.753. The third-order valence-corrected chi connectivity index (χ3v) is 3.82. The van der Waals surface area contributed by atoms with Crippen LogP contribution in [-0.2, 0) is 9.53 Å². The van der Waals surface area contributed by atoms with Crippen molar-refractivity contribution in [3.63, 3.8) is 0 Å². The van der Waals surface area contributed by atoms with E-state index in [0.717, 1.165) is 12.0 Å². The molecule has 1 atom stereocenters. The minimum atomic E-state index is -0.553. The average molecular weight is 329 g/mol. The van der Waals surface area contributed by atoms with E-state index in [1.165, 1.54) is 5.56 Å². The van der Waals surface area contributed by atoms with E-state index in [1.54, 1.807) is 19.9 Å². The van der Waals surface area contributed by atoms with Crippen molar-refractivity contribution in [3.8, 4) is 0 Å². The van der Waals surface area contributed by atoms with Crippen LogP contribution in [0.25, 0.3) is 0 Å². The molecule has 5 nitrogen and oxygen atoms in total. The second-order valence-corrected chi connectivity index (χ2v) is 5.84. The molecule has 128 valence electrons. The van der Waals surface area contributed by atoms with Gasteiger partial charge in [0.1, 0.15) is 17.1 Å². The lowest BCUT2D eigenvalue weighted by Gasteiger charge is -2.17. The summed E-state index contributed by atoms with van der Waals surface area (Å²) < 4.78 is 10.4. The van der Waals surface area contributed by atoms with Gasteiger partial charge in [-0.1, -0.05) is 36.8 Å². The van der Waals surface area contributed by atoms with E-state index in [4.69, 9.17) is 9.15 Å². The molecule has 0 bridgehead atoms. The van der Waals surface area contributed by atoms with E-state index in [9.17, 15) is 9.59 Å². The second kappa shape index (κ2) is 7.81. The quantitative estimate of drug-likeness (QED) is 0.822. The topological polar surface area (TPSA) is 68.5 Å². The number of carbonyl (C=O) groups is 2. The molecule has 1 amide bonds. The van der Waals surface area contributed by atoms with Gasteiger partial charge in [0.05, 0.1) is 6.04 Å². The number of nitrogens with one attached hydrogen (secondary N) is 1. The fourth-order valence-electron chi connectivity index (χ4n) is 2.50. The third-order valence-electron chi connectivity index (χ3n) is 3.82. The van der Waals surface area contributed by atoms with Gasteiger partial charge in [0.25, 0.3) is 5.91 Å². The molecule has 2 rings (SSSR count). The molecular weight excluding hydrogens is 306 g/mol. The largest absolute Gasteiger partial charge is 0.466 e. The standard InChI is InChI=1S/C19H23NO4/c1-5-17(15-8-6-12(2)7-9-15)20-18(21)11-23-19(22)16-10-13(3)24-14(16)4/h6-10,17H,5,11H2,1-4H3,(H,20,21)/t17-/m0/s1. The lowest BCUT2D eigenvalue weighted by molar-refractivity contribution is -0.125. The number of aryl methyl sites for hydroxylation is 3. The van der Waals surface area contributed by atoms with Gasteiger partial charge in [-0.05, 0) is 38.8 Å². The molecule has 0 aliphatic rings. The number of furan rings is 1. The Labute approximate surface area is 142 Å². The van der Waals surface area contributed by atoms with Gasteiger partial charge in [-0.15, -0.1) is 0 Å². The first-order valence-electron chi connectivity index (χ1n) is 8.00. The number of carbonyl (C=O) groups excluding carboxylic acids is 2. The summed E-state index contributed by atoms with van der Waals surface area (Å²) in [5, 5.41) is 2.89. The smallest absolute Gasteiger partial charge is 0.342 e. The average Bonchev–Trinajstić information content (AvgIpc) is 2.90. The fourth-order valence-corrected chi connectivity index (χ4v) is 2.50. The zero-order valence-corrected chi connectivity index (χ0v) is 14.5. The molecule has 1 aromatic carbocycles. The summed E-state index contributed by atoms with van der Waals surface area (Å²) in [5.41, 5.74) is 2.55. The highest BCUT2D eigenvalue weighted by molar-refractivity contribution is 5.92. The van der Waals surface area contributed by atoms with Gasteiger partial charge in [0.15, 0.2) is 6.61 Å². The van der Waals surface area contributed by atoms with Crippen molar-refractivity contribution >= 4 is 11.9 Å². The molecule has 1 heterocycles. The number of ether oxygens (including phenoxy) is 1. The maximum absolute atomic E-state index is 12.1. The van der Waals surface area contributed by atoms with E-state index >= 15 is 0 Å². The summed E-state index contributed by atoms with van der Waals surface area (Å²) in [6.45, 7) is 7.14. The molecule has 24 heavy (non-hydrogen) atoms. The monoisotopic (exact) mass is 329 g/mol. The highest BCUT2D eigenvalue weighted by Crippen LogP contribution is 2.17. The van der Waals surface area contributed by atoms with Crippen molar-refractivity contribution in [2.45, 2.75) is 40.2 Å². The molecule has 0 saturated heterocycles. The van der Waals surface area contributed by atoms with Gasteiger partial charge >= 0.3 is 5.97 Å². The van der Waals surface area contributed by atoms with Gasteiger partial charge in [0.2, 0.25) is 0 Å². The van der Waals surface area contributed by atoms with Gasteiger partial charge < -0.3 is 14.5 Å².